The van der Waals surface area contributed by atoms with E-state index in [4.69, 9.17) is 0 Å². The quantitative estimate of drug-likeness (QED) is 0.589. The van der Waals surface area contributed by atoms with Gasteiger partial charge in [-0.1, -0.05) is 48.9 Å². The molecule has 1 nitrogen and oxygen atoms in total. The van der Waals surface area contributed by atoms with Gasteiger partial charge >= 0.3 is 7.54 Å². The van der Waals surface area contributed by atoms with Crippen molar-refractivity contribution in [3.05, 3.63) is 47.5 Å². The normalized spacial score (nSPS) is 15.3. The van der Waals surface area contributed by atoms with E-state index < -0.39 is 7.54 Å². The summed E-state index contributed by atoms with van der Waals surface area (Å²) in [5, 5.41) is 0. The molecule has 1 heterocycles. The Balaban J connectivity index is 0.000000399. The van der Waals surface area contributed by atoms with Crippen molar-refractivity contribution in [2.45, 2.75) is 26.3 Å². The molecule has 0 unspecified atom stereocenters. The van der Waals surface area contributed by atoms with Crippen molar-refractivity contribution >= 4 is 7.54 Å². The Hall–Kier alpha value is -1.23. The van der Waals surface area contributed by atoms with Crippen LogP contribution in [0.1, 0.15) is 25.3 Å². The van der Waals surface area contributed by atoms with Crippen LogP contribution in [0.2, 0.25) is 0 Å². The van der Waals surface area contributed by atoms with E-state index in [0.29, 0.717) is 0 Å². The van der Waals surface area contributed by atoms with Gasteiger partial charge in [0.05, 0.1) is 0 Å². The number of rotatable bonds is 3. The van der Waals surface area contributed by atoms with E-state index in [2.05, 4.69) is 48.2 Å². The fourth-order valence-corrected chi connectivity index (χ4v) is 2.11. The summed E-state index contributed by atoms with van der Waals surface area (Å²) in [5.41, 5.74) is 3.02. The Morgan fingerprint density at radius 2 is 1.79 bits per heavy atom. The minimum absolute atomic E-state index is 1.10. The highest BCUT2D eigenvalue weighted by atomic mass is 19.4. The smallest absolute Gasteiger partial charge is 0.295 e. The lowest BCUT2D eigenvalue weighted by Gasteiger charge is -2.26. The molecule has 104 valence electrons. The van der Waals surface area contributed by atoms with E-state index >= 15 is 0 Å². The molecule has 5 heteroatoms. The molecule has 0 bridgehead atoms. The summed E-state index contributed by atoms with van der Waals surface area (Å²) in [6.45, 7) is 5.71. The lowest BCUT2D eigenvalue weighted by atomic mass is 10.1. The predicted octanol–water partition coefficient (Wildman–Crippen LogP) is 4.11. The predicted molar refractivity (Wildman–Crippen MR) is 73.8 cm³/mol. The van der Waals surface area contributed by atoms with Crippen LogP contribution in [-0.4, -0.2) is 25.5 Å². The van der Waals surface area contributed by atoms with E-state index in [1.54, 1.807) is 5.57 Å². The van der Waals surface area contributed by atoms with Gasteiger partial charge in [-0.05, 0) is 18.4 Å². The van der Waals surface area contributed by atoms with Crippen molar-refractivity contribution in [1.29, 1.82) is 0 Å². The molecule has 1 aliphatic rings. The number of nitrogens with zero attached hydrogens (tertiary/aromatic N) is 1. The van der Waals surface area contributed by atoms with Gasteiger partial charge in [0.15, 0.2) is 0 Å². The van der Waals surface area contributed by atoms with Crippen LogP contribution in [0.25, 0.3) is 0 Å². The second-order valence-electron chi connectivity index (χ2n) is 4.45. The van der Waals surface area contributed by atoms with Crippen LogP contribution in [0.3, 0.4) is 0 Å². The summed E-state index contributed by atoms with van der Waals surface area (Å²) in [4.78, 5) is 2.54. The SMILES string of the molecule is CCC1=CCCN(Cc2ccccc2)C1.FB(F)F. The average molecular weight is 269 g/mol. The second-order valence-corrected chi connectivity index (χ2v) is 4.45. The minimum atomic E-state index is -3.67. The molecule has 2 rings (SSSR count). The fraction of sp³-hybridized carbons (Fsp3) is 0.429. The Bertz CT molecular complexity index is 379. The van der Waals surface area contributed by atoms with E-state index in [9.17, 15) is 12.9 Å². The number of halogens is 3. The van der Waals surface area contributed by atoms with Crippen LogP contribution in [0, 0.1) is 0 Å². The number of hydrogen-bond donors (Lipinski definition) is 0. The molecule has 0 saturated heterocycles. The van der Waals surface area contributed by atoms with Crippen LogP contribution in [-0.2, 0) is 6.54 Å². The molecule has 0 radical (unpaired) electrons. The first-order chi connectivity index (χ1) is 9.11. The zero-order valence-electron chi connectivity index (χ0n) is 11.2. The summed E-state index contributed by atoms with van der Waals surface area (Å²) in [6.07, 6.45) is 4.82. The van der Waals surface area contributed by atoms with Crippen molar-refractivity contribution in [2.75, 3.05) is 13.1 Å². The zero-order chi connectivity index (χ0) is 14.1. The molecule has 0 amide bonds. The summed E-state index contributed by atoms with van der Waals surface area (Å²) >= 11 is 0. The van der Waals surface area contributed by atoms with Crippen molar-refractivity contribution < 1.29 is 12.9 Å². The number of hydrogen-bond acceptors (Lipinski definition) is 1. The van der Waals surface area contributed by atoms with Crippen LogP contribution in [0.4, 0.5) is 12.9 Å². The molecule has 0 spiro atoms. The molecule has 0 fully saturated rings. The minimum Gasteiger partial charge on any atom is -0.295 e. The molecule has 19 heavy (non-hydrogen) atoms. The first-order valence-corrected chi connectivity index (χ1v) is 6.48. The molecule has 0 saturated carbocycles. The third-order valence-corrected chi connectivity index (χ3v) is 3.01. The Morgan fingerprint density at radius 1 is 1.16 bits per heavy atom. The Kier molecular flexibility index (Phi) is 7.34. The van der Waals surface area contributed by atoms with E-state index in [-0.39, 0.29) is 0 Å². The van der Waals surface area contributed by atoms with Gasteiger partial charge in [0.1, 0.15) is 0 Å². The van der Waals surface area contributed by atoms with Gasteiger partial charge in [-0.2, -0.15) is 0 Å². The van der Waals surface area contributed by atoms with Gasteiger partial charge in [-0.3, -0.25) is 17.8 Å². The van der Waals surface area contributed by atoms with Crippen LogP contribution < -0.4 is 0 Å². The van der Waals surface area contributed by atoms with Gasteiger partial charge in [-0.15, -0.1) is 0 Å². The standard InChI is InChI=1S/C14H19N.BF3/c1-2-13-9-6-10-15(11-13)12-14-7-4-3-5-8-14;2-1(3)4/h3-5,7-9H,2,6,10-12H2,1H3;. The third kappa shape index (κ3) is 7.06. The molecule has 0 atom stereocenters. The highest BCUT2D eigenvalue weighted by Gasteiger charge is 2.11. The van der Waals surface area contributed by atoms with Gasteiger partial charge in [-0.25, -0.2) is 0 Å². The molecule has 0 N–H and O–H groups in total. The maximum atomic E-state index is 9.67. The summed E-state index contributed by atoms with van der Waals surface area (Å²) in [5.74, 6) is 0. The average Bonchev–Trinajstić information content (AvgIpc) is 2.39. The van der Waals surface area contributed by atoms with Gasteiger partial charge < -0.3 is 0 Å². The zero-order valence-corrected chi connectivity index (χ0v) is 11.2. The maximum absolute atomic E-state index is 9.67. The first kappa shape index (κ1) is 15.8. The molecule has 0 aliphatic carbocycles. The van der Waals surface area contributed by atoms with E-state index in [1.165, 1.54) is 24.9 Å². The molecule has 1 aliphatic heterocycles. The highest BCUT2D eigenvalue weighted by molar-refractivity contribution is 6.33. The highest BCUT2D eigenvalue weighted by Crippen LogP contribution is 2.15. The van der Waals surface area contributed by atoms with Gasteiger partial charge in [0.2, 0.25) is 0 Å². The van der Waals surface area contributed by atoms with Crippen molar-refractivity contribution in [1.82, 2.24) is 4.90 Å². The van der Waals surface area contributed by atoms with Crippen molar-refractivity contribution in [2.24, 2.45) is 0 Å². The second kappa shape index (κ2) is 8.80. The summed E-state index contributed by atoms with van der Waals surface area (Å²) < 4.78 is 29.0. The maximum Gasteiger partial charge on any atom is 0.762 e. The van der Waals surface area contributed by atoms with Crippen LogP contribution in [0.5, 0.6) is 0 Å². The molecule has 0 aromatic heterocycles. The fourth-order valence-electron chi connectivity index (χ4n) is 2.11. The van der Waals surface area contributed by atoms with Crippen LogP contribution in [0.15, 0.2) is 42.0 Å². The lowest BCUT2D eigenvalue weighted by molar-refractivity contribution is 0.279. The van der Waals surface area contributed by atoms with E-state index in [0.717, 1.165) is 13.1 Å². The third-order valence-electron chi connectivity index (χ3n) is 3.01. The molecule has 1 aromatic carbocycles. The molecular formula is C14H19BF3N. The van der Waals surface area contributed by atoms with Gasteiger partial charge in [0.25, 0.3) is 0 Å². The molecular weight excluding hydrogens is 250 g/mol. The Labute approximate surface area is 113 Å². The van der Waals surface area contributed by atoms with Crippen molar-refractivity contribution in [3.63, 3.8) is 0 Å². The van der Waals surface area contributed by atoms with Crippen molar-refractivity contribution in [3.8, 4) is 0 Å². The topological polar surface area (TPSA) is 3.24 Å². The Morgan fingerprint density at radius 3 is 2.37 bits per heavy atom. The number of benzene rings is 1. The summed E-state index contributed by atoms with van der Waals surface area (Å²) in [7, 11) is -3.67. The van der Waals surface area contributed by atoms with Gasteiger partial charge in [0, 0.05) is 19.6 Å². The molecule has 1 aromatic rings. The largest absolute Gasteiger partial charge is 0.762 e. The summed E-state index contributed by atoms with van der Waals surface area (Å²) in [6, 6.07) is 10.7. The van der Waals surface area contributed by atoms with E-state index in [1.807, 2.05) is 0 Å². The first-order valence-electron chi connectivity index (χ1n) is 6.48. The lowest BCUT2D eigenvalue weighted by Crippen LogP contribution is -2.29. The monoisotopic (exact) mass is 269 g/mol. The van der Waals surface area contributed by atoms with Crippen LogP contribution >= 0.6 is 0 Å².